The highest BCUT2D eigenvalue weighted by molar-refractivity contribution is 6.39. The van der Waals surface area contributed by atoms with Crippen molar-refractivity contribution in [2.24, 2.45) is 7.05 Å². The Hall–Kier alpha value is -3.17. The Morgan fingerprint density at radius 1 is 1.20 bits per heavy atom. The van der Waals surface area contributed by atoms with Gasteiger partial charge < -0.3 is 14.3 Å². The maximum Gasteiger partial charge on any atom is 0.315 e. The van der Waals surface area contributed by atoms with E-state index in [1.807, 2.05) is 4.90 Å². The van der Waals surface area contributed by atoms with Gasteiger partial charge in [0.05, 0.1) is 11.9 Å². The summed E-state index contributed by atoms with van der Waals surface area (Å²) in [7, 11) is 1.58. The van der Waals surface area contributed by atoms with Crippen LogP contribution in [0.15, 0.2) is 27.6 Å². The molecule has 10 nitrogen and oxygen atoms in total. The summed E-state index contributed by atoms with van der Waals surface area (Å²) in [5.74, 6) is -0.626. The van der Waals surface area contributed by atoms with Crippen LogP contribution in [-0.2, 0) is 16.6 Å². The maximum absolute atomic E-state index is 12.2. The lowest BCUT2D eigenvalue weighted by Gasteiger charge is -2.35. The van der Waals surface area contributed by atoms with Gasteiger partial charge in [-0.25, -0.2) is 4.68 Å². The standard InChI is InChI=1S/C15H18N6O4/c1-10-7-12(18-25-10)17-14(23)15(24)21-5-3-20(4-6-21)11-8-13(22)19(2)16-9-11/h7-9H,3-6H2,1-2H3,(H,17,18,23). The first-order chi connectivity index (χ1) is 11.9. The highest BCUT2D eigenvalue weighted by atomic mass is 16.5. The third kappa shape index (κ3) is 3.67. The molecular formula is C15H18N6O4. The summed E-state index contributed by atoms with van der Waals surface area (Å²) in [4.78, 5) is 39.3. The largest absolute Gasteiger partial charge is 0.367 e. The van der Waals surface area contributed by atoms with Crippen molar-refractivity contribution in [1.82, 2.24) is 19.8 Å². The number of carbonyl (C=O) groups excluding carboxylic acids is 2. The second-order valence-electron chi connectivity index (χ2n) is 5.73. The summed E-state index contributed by atoms with van der Waals surface area (Å²) >= 11 is 0. The number of anilines is 2. The number of carbonyl (C=O) groups is 2. The Morgan fingerprint density at radius 2 is 1.92 bits per heavy atom. The van der Waals surface area contributed by atoms with Gasteiger partial charge in [0.1, 0.15) is 5.76 Å². The predicted octanol–water partition coefficient (Wildman–Crippen LogP) is -0.636. The molecule has 0 radical (unpaired) electrons. The molecule has 2 aromatic rings. The summed E-state index contributed by atoms with van der Waals surface area (Å²) in [6.07, 6.45) is 1.61. The first kappa shape index (κ1) is 16.7. The number of aryl methyl sites for hydroxylation is 2. The fourth-order valence-corrected chi connectivity index (χ4v) is 2.54. The molecule has 3 heterocycles. The average molecular weight is 346 g/mol. The van der Waals surface area contributed by atoms with Crippen molar-refractivity contribution in [2.45, 2.75) is 6.92 Å². The summed E-state index contributed by atoms with van der Waals surface area (Å²) in [5, 5.41) is 10.0. The van der Waals surface area contributed by atoms with Gasteiger partial charge in [0.15, 0.2) is 5.82 Å². The molecule has 0 bridgehead atoms. The number of hydrogen-bond acceptors (Lipinski definition) is 7. The Balaban J connectivity index is 1.57. The zero-order valence-electron chi connectivity index (χ0n) is 13.9. The number of amides is 2. The molecule has 10 heteroatoms. The predicted molar refractivity (Wildman–Crippen MR) is 88.1 cm³/mol. The second kappa shape index (κ2) is 6.75. The second-order valence-corrected chi connectivity index (χ2v) is 5.73. The van der Waals surface area contributed by atoms with Crippen molar-refractivity contribution < 1.29 is 14.1 Å². The van der Waals surface area contributed by atoms with E-state index in [0.29, 0.717) is 37.6 Å². The van der Waals surface area contributed by atoms with Crippen LogP contribution in [0.3, 0.4) is 0 Å². The number of piperazine rings is 1. The average Bonchev–Trinajstić information content (AvgIpc) is 3.01. The Morgan fingerprint density at radius 3 is 2.52 bits per heavy atom. The molecule has 0 unspecified atom stereocenters. The van der Waals surface area contributed by atoms with Gasteiger partial charge in [-0.15, -0.1) is 0 Å². The summed E-state index contributed by atoms with van der Waals surface area (Å²) in [5.41, 5.74) is 0.510. The van der Waals surface area contributed by atoms with Gasteiger partial charge >= 0.3 is 11.8 Å². The third-order valence-electron chi connectivity index (χ3n) is 3.95. The van der Waals surface area contributed by atoms with E-state index < -0.39 is 11.8 Å². The van der Waals surface area contributed by atoms with Gasteiger partial charge in [0.25, 0.3) is 5.56 Å². The van der Waals surface area contributed by atoms with Gasteiger partial charge in [0, 0.05) is 45.4 Å². The van der Waals surface area contributed by atoms with Crippen LogP contribution in [0.2, 0.25) is 0 Å². The van der Waals surface area contributed by atoms with Crippen LogP contribution in [0.4, 0.5) is 11.5 Å². The van der Waals surface area contributed by atoms with Crippen molar-refractivity contribution >= 4 is 23.3 Å². The van der Waals surface area contributed by atoms with E-state index in [4.69, 9.17) is 4.52 Å². The minimum absolute atomic E-state index is 0.196. The molecule has 2 aromatic heterocycles. The van der Waals surface area contributed by atoms with E-state index >= 15 is 0 Å². The fourth-order valence-electron chi connectivity index (χ4n) is 2.54. The number of nitrogens with one attached hydrogen (secondary N) is 1. The lowest BCUT2D eigenvalue weighted by Crippen LogP contribution is -2.51. The van der Waals surface area contributed by atoms with Crippen LogP contribution >= 0.6 is 0 Å². The zero-order chi connectivity index (χ0) is 18.0. The SMILES string of the molecule is Cc1cc(NC(=O)C(=O)N2CCN(c3cnn(C)c(=O)c3)CC2)no1. The van der Waals surface area contributed by atoms with E-state index in [9.17, 15) is 14.4 Å². The molecule has 1 fully saturated rings. The van der Waals surface area contributed by atoms with E-state index in [-0.39, 0.29) is 11.4 Å². The molecule has 1 N–H and O–H groups in total. The number of nitrogens with zero attached hydrogens (tertiary/aromatic N) is 5. The molecule has 1 aliphatic heterocycles. The number of aromatic nitrogens is 3. The van der Waals surface area contributed by atoms with Gasteiger partial charge in [-0.1, -0.05) is 5.16 Å². The smallest absolute Gasteiger partial charge is 0.315 e. The van der Waals surface area contributed by atoms with Crippen molar-refractivity contribution in [3.8, 4) is 0 Å². The molecule has 2 amide bonds. The van der Waals surface area contributed by atoms with E-state index in [1.165, 1.54) is 21.7 Å². The molecule has 132 valence electrons. The molecule has 0 atom stereocenters. The summed E-state index contributed by atoms with van der Waals surface area (Å²) < 4.78 is 6.09. The van der Waals surface area contributed by atoms with Crippen molar-refractivity contribution in [3.63, 3.8) is 0 Å². The summed E-state index contributed by atoms with van der Waals surface area (Å²) in [6.45, 7) is 3.46. The van der Waals surface area contributed by atoms with E-state index in [2.05, 4.69) is 15.6 Å². The first-order valence-corrected chi connectivity index (χ1v) is 7.76. The Labute approximate surface area is 143 Å². The Bertz CT molecular complexity index is 850. The molecule has 25 heavy (non-hydrogen) atoms. The minimum Gasteiger partial charge on any atom is -0.367 e. The maximum atomic E-state index is 12.2. The van der Waals surface area contributed by atoms with Gasteiger partial charge in [-0.05, 0) is 6.92 Å². The molecule has 1 aliphatic rings. The molecule has 0 spiro atoms. The fraction of sp³-hybridized carbons (Fsp3) is 0.400. The molecule has 0 aliphatic carbocycles. The van der Waals surface area contributed by atoms with Gasteiger partial charge in [-0.3, -0.25) is 19.7 Å². The van der Waals surface area contributed by atoms with Crippen LogP contribution < -0.4 is 15.8 Å². The zero-order valence-corrected chi connectivity index (χ0v) is 13.9. The quantitative estimate of drug-likeness (QED) is 0.720. The van der Waals surface area contributed by atoms with Crippen molar-refractivity contribution in [3.05, 3.63) is 34.4 Å². The summed E-state index contributed by atoms with van der Waals surface area (Å²) in [6, 6.07) is 3.04. The minimum atomic E-state index is -0.753. The number of hydrogen-bond donors (Lipinski definition) is 1. The van der Waals surface area contributed by atoms with E-state index in [1.54, 1.807) is 20.2 Å². The highest BCUT2D eigenvalue weighted by Gasteiger charge is 2.27. The van der Waals surface area contributed by atoms with Crippen LogP contribution in [0, 0.1) is 6.92 Å². The van der Waals surface area contributed by atoms with Crippen LogP contribution in [0.1, 0.15) is 5.76 Å². The van der Waals surface area contributed by atoms with Gasteiger partial charge in [-0.2, -0.15) is 5.10 Å². The molecule has 1 saturated heterocycles. The van der Waals surface area contributed by atoms with E-state index in [0.717, 1.165) is 0 Å². The molecule has 0 saturated carbocycles. The lowest BCUT2D eigenvalue weighted by atomic mass is 10.2. The number of rotatable bonds is 2. The monoisotopic (exact) mass is 346 g/mol. The lowest BCUT2D eigenvalue weighted by molar-refractivity contribution is -0.143. The third-order valence-corrected chi connectivity index (χ3v) is 3.95. The first-order valence-electron chi connectivity index (χ1n) is 7.76. The topological polar surface area (TPSA) is 114 Å². The van der Waals surface area contributed by atoms with Gasteiger partial charge in [0.2, 0.25) is 0 Å². The molecule has 3 rings (SSSR count). The molecular weight excluding hydrogens is 328 g/mol. The van der Waals surface area contributed by atoms with Crippen molar-refractivity contribution in [1.29, 1.82) is 0 Å². The normalized spacial score (nSPS) is 14.5. The Kier molecular flexibility index (Phi) is 4.50. The highest BCUT2D eigenvalue weighted by Crippen LogP contribution is 2.13. The van der Waals surface area contributed by atoms with Crippen LogP contribution in [0.5, 0.6) is 0 Å². The van der Waals surface area contributed by atoms with Crippen LogP contribution in [0.25, 0.3) is 0 Å². The molecule has 0 aromatic carbocycles. The van der Waals surface area contributed by atoms with Crippen molar-refractivity contribution in [2.75, 3.05) is 36.4 Å². The van der Waals surface area contributed by atoms with Crippen LogP contribution in [-0.4, -0.2) is 57.8 Å².